The molecule has 10 nitrogen and oxygen atoms in total. The molecular weight excluding hydrogens is 463 g/mol. The average molecular weight is 489 g/mol. The lowest BCUT2D eigenvalue weighted by Crippen LogP contribution is -2.37. The predicted octanol–water partition coefficient (Wildman–Crippen LogP) is 2.42. The normalized spacial score (nSPS) is 14.1. The molecule has 4 aromatic rings. The van der Waals surface area contributed by atoms with Crippen LogP contribution < -0.4 is 5.73 Å². The molecule has 0 radical (unpaired) electrons. The van der Waals surface area contributed by atoms with Gasteiger partial charge in [0.05, 0.1) is 24.0 Å². The SMILES string of the molecule is CN(CCO)C(=O)c1nc(-c2nn(Cc3ccccc3F)c3ncccc23)nc2c1C(C)(C)C(N)=N2. The van der Waals surface area contributed by atoms with Gasteiger partial charge in [-0.15, -0.1) is 0 Å². The molecule has 36 heavy (non-hydrogen) atoms. The maximum absolute atomic E-state index is 14.4. The summed E-state index contributed by atoms with van der Waals surface area (Å²) < 4.78 is 16.0. The molecule has 0 fully saturated rings. The van der Waals surface area contributed by atoms with E-state index in [-0.39, 0.29) is 37.0 Å². The van der Waals surface area contributed by atoms with Crippen LogP contribution in [0.3, 0.4) is 0 Å². The van der Waals surface area contributed by atoms with Crippen molar-refractivity contribution in [2.75, 3.05) is 20.2 Å². The molecule has 3 N–H and O–H groups in total. The molecule has 0 saturated carbocycles. The minimum atomic E-state index is -0.757. The van der Waals surface area contributed by atoms with E-state index in [0.717, 1.165) is 0 Å². The summed E-state index contributed by atoms with van der Waals surface area (Å²) in [4.78, 5) is 32.9. The van der Waals surface area contributed by atoms with E-state index < -0.39 is 11.3 Å². The van der Waals surface area contributed by atoms with Crippen LogP contribution in [-0.4, -0.2) is 66.7 Å². The molecule has 1 amide bonds. The van der Waals surface area contributed by atoms with Crippen molar-refractivity contribution in [2.24, 2.45) is 10.7 Å². The summed E-state index contributed by atoms with van der Waals surface area (Å²) in [5, 5.41) is 14.7. The highest BCUT2D eigenvalue weighted by Gasteiger charge is 2.40. The molecule has 4 heterocycles. The Morgan fingerprint density at radius 2 is 1.97 bits per heavy atom. The number of hydrogen-bond donors (Lipinski definition) is 2. The highest BCUT2D eigenvalue weighted by atomic mass is 19.1. The van der Waals surface area contributed by atoms with E-state index in [4.69, 9.17) is 5.73 Å². The maximum Gasteiger partial charge on any atom is 0.272 e. The number of fused-ring (bicyclic) bond motifs is 2. The van der Waals surface area contributed by atoms with Gasteiger partial charge in [0.2, 0.25) is 0 Å². The third-order valence-corrected chi connectivity index (χ3v) is 6.36. The fourth-order valence-electron chi connectivity index (χ4n) is 4.25. The van der Waals surface area contributed by atoms with E-state index in [9.17, 15) is 14.3 Å². The highest BCUT2D eigenvalue weighted by molar-refractivity contribution is 6.04. The van der Waals surface area contributed by atoms with Gasteiger partial charge < -0.3 is 15.7 Å². The standard InChI is InChI=1S/C25H25FN8O2/c1-25(2)17-19(23(36)33(3)11-12-35)29-21(30-20(17)31-24(25)27)18-15-8-6-10-28-22(15)34(32-18)13-14-7-4-5-9-16(14)26/h4-10,35H,11-13H2,1-3H3,(H2,27,29,30,31). The maximum atomic E-state index is 14.4. The van der Waals surface area contributed by atoms with Crippen molar-refractivity contribution in [1.82, 2.24) is 29.6 Å². The fourth-order valence-corrected chi connectivity index (χ4v) is 4.25. The number of aliphatic hydroxyl groups is 1. The number of carbonyl (C=O) groups excluding carboxylic acids is 1. The Bertz CT molecular complexity index is 1530. The Balaban J connectivity index is 1.70. The molecular formula is C25H25FN8O2. The third-order valence-electron chi connectivity index (χ3n) is 6.36. The van der Waals surface area contributed by atoms with Crippen LogP contribution in [0, 0.1) is 5.82 Å². The van der Waals surface area contributed by atoms with Gasteiger partial charge in [0.1, 0.15) is 23.0 Å². The number of pyridine rings is 1. The summed E-state index contributed by atoms with van der Waals surface area (Å²) in [5.41, 5.74) is 7.46. The smallest absolute Gasteiger partial charge is 0.272 e. The van der Waals surface area contributed by atoms with Gasteiger partial charge in [-0.05, 0) is 32.0 Å². The number of amides is 1. The van der Waals surface area contributed by atoms with Gasteiger partial charge in [-0.25, -0.2) is 29.0 Å². The molecule has 3 aromatic heterocycles. The lowest BCUT2D eigenvalue weighted by Gasteiger charge is -2.23. The molecule has 0 saturated heterocycles. The van der Waals surface area contributed by atoms with Gasteiger partial charge in [0, 0.05) is 30.9 Å². The minimum absolute atomic E-state index is 0.133. The second-order valence-electron chi connectivity index (χ2n) is 9.14. The van der Waals surface area contributed by atoms with E-state index in [1.54, 1.807) is 42.2 Å². The van der Waals surface area contributed by atoms with E-state index in [1.165, 1.54) is 11.0 Å². The first-order valence-electron chi connectivity index (χ1n) is 11.4. The van der Waals surface area contributed by atoms with Crippen molar-refractivity contribution in [1.29, 1.82) is 0 Å². The van der Waals surface area contributed by atoms with Crippen LogP contribution in [-0.2, 0) is 12.0 Å². The van der Waals surface area contributed by atoms with Gasteiger partial charge in [0.25, 0.3) is 5.91 Å². The van der Waals surface area contributed by atoms with Crippen molar-refractivity contribution in [3.8, 4) is 11.5 Å². The highest BCUT2D eigenvalue weighted by Crippen LogP contribution is 2.41. The summed E-state index contributed by atoms with van der Waals surface area (Å²) >= 11 is 0. The topological polar surface area (TPSA) is 135 Å². The van der Waals surface area contributed by atoms with Gasteiger partial charge in [-0.3, -0.25) is 4.79 Å². The molecule has 0 atom stereocenters. The molecule has 0 bridgehead atoms. The summed E-state index contributed by atoms with van der Waals surface area (Å²) in [7, 11) is 1.58. The molecule has 5 rings (SSSR count). The second-order valence-corrected chi connectivity index (χ2v) is 9.14. The van der Waals surface area contributed by atoms with Crippen molar-refractivity contribution in [2.45, 2.75) is 25.8 Å². The average Bonchev–Trinajstić information content (AvgIpc) is 3.33. The molecule has 1 aliphatic heterocycles. The summed E-state index contributed by atoms with van der Waals surface area (Å²) in [5.74, 6) is 0.0480. The lowest BCUT2D eigenvalue weighted by molar-refractivity contribution is 0.0759. The monoisotopic (exact) mass is 488 g/mol. The quantitative estimate of drug-likeness (QED) is 0.425. The first-order valence-corrected chi connectivity index (χ1v) is 11.4. The first kappa shape index (κ1) is 23.5. The van der Waals surface area contributed by atoms with E-state index in [0.29, 0.717) is 39.5 Å². The van der Waals surface area contributed by atoms with Crippen molar-refractivity contribution in [3.63, 3.8) is 0 Å². The van der Waals surface area contributed by atoms with Crippen LogP contribution in [0.4, 0.5) is 10.2 Å². The minimum Gasteiger partial charge on any atom is -0.395 e. The van der Waals surface area contributed by atoms with E-state index in [1.807, 2.05) is 19.9 Å². The van der Waals surface area contributed by atoms with Crippen LogP contribution in [0.5, 0.6) is 0 Å². The number of likely N-dealkylation sites (N-methyl/N-ethyl adjacent to an activating group) is 1. The van der Waals surface area contributed by atoms with E-state index in [2.05, 4.69) is 25.0 Å². The number of carbonyl (C=O) groups is 1. The van der Waals surface area contributed by atoms with Crippen LogP contribution in [0.1, 0.15) is 35.5 Å². The molecule has 0 unspecified atom stereocenters. The number of hydrogen-bond acceptors (Lipinski definition) is 8. The summed E-state index contributed by atoms with van der Waals surface area (Å²) in [6.45, 7) is 3.79. The van der Waals surface area contributed by atoms with Gasteiger partial charge in [-0.1, -0.05) is 18.2 Å². The second kappa shape index (κ2) is 8.76. The van der Waals surface area contributed by atoms with Gasteiger partial charge in [0.15, 0.2) is 17.3 Å². The van der Waals surface area contributed by atoms with Gasteiger partial charge >= 0.3 is 0 Å². The number of nitrogens with two attached hydrogens (primary N) is 1. The Morgan fingerprint density at radius 3 is 2.72 bits per heavy atom. The molecule has 1 aliphatic rings. The molecule has 184 valence electrons. The Labute approximate surface area is 206 Å². The number of rotatable bonds is 6. The van der Waals surface area contributed by atoms with Crippen LogP contribution >= 0.6 is 0 Å². The Hall–Kier alpha value is -4.25. The molecule has 0 aliphatic carbocycles. The number of nitrogens with zero attached hydrogens (tertiary/aromatic N) is 7. The number of aliphatic hydroxyl groups excluding tert-OH is 1. The Morgan fingerprint density at radius 1 is 1.19 bits per heavy atom. The van der Waals surface area contributed by atoms with Crippen molar-refractivity contribution < 1.29 is 14.3 Å². The largest absolute Gasteiger partial charge is 0.395 e. The van der Waals surface area contributed by atoms with E-state index >= 15 is 0 Å². The molecule has 11 heteroatoms. The zero-order chi connectivity index (χ0) is 25.6. The zero-order valence-electron chi connectivity index (χ0n) is 20.1. The summed E-state index contributed by atoms with van der Waals surface area (Å²) in [6.07, 6.45) is 1.63. The van der Waals surface area contributed by atoms with Crippen LogP contribution in [0.2, 0.25) is 0 Å². The third kappa shape index (κ3) is 3.77. The number of aromatic nitrogens is 5. The van der Waals surface area contributed by atoms with Crippen molar-refractivity contribution in [3.05, 3.63) is 65.2 Å². The number of halogens is 1. The number of amidine groups is 1. The molecule has 0 spiro atoms. The zero-order valence-corrected chi connectivity index (χ0v) is 20.1. The molecule has 1 aromatic carbocycles. The van der Waals surface area contributed by atoms with Crippen LogP contribution in [0.25, 0.3) is 22.6 Å². The summed E-state index contributed by atoms with van der Waals surface area (Å²) in [6, 6.07) is 10.0. The number of benzene rings is 1. The van der Waals surface area contributed by atoms with Crippen molar-refractivity contribution >= 4 is 28.6 Å². The first-order chi connectivity index (χ1) is 17.2. The Kier molecular flexibility index (Phi) is 5.71. The number of aliphatic imine (C=N–C) groups is 1. The predicted molar refractivity (Wildman–Crippen MR) is 132 cm³/mol. The lowest BCUT2D eigenvalue weighted by atomic mass is 9.84. The van der Waals surface area contributed by atoms with Gasteiger partial charge in [-0.2, -0.15) is 5.10 Å². The van der Waals surface area contributed by atoms with Crippen LogP contribution in [0.15, 0.2) is 47.6 Å². The fraction of sp³-hybridized carbons (Fsp3) is 0.280.